The maximum Gasteiger partial charge on any atom is 0.222 e. The van der Waals surface area contributed by atoms with Crippen molar-refractivity contribution < 1.29 is 4.79 Å². The zero-order chi connectivity index (χ0) is 8.27. The van der Waals surface area contributed by atoms with Crippen LogP contribution in [-0.4, -0.2) is 37.5 Å². The standard InChI is InChI=1S/C8H16N2O/c1-3-9-5-7-4-8(11)10(2)6-7/h7,9H,3-6H2,1-2H3. The maximum atomic E-state index is 11.0. The van der Waals surface area contributed by atoms with Crippen LogP contribution in [0.15, 0.2) is 0 Å². The number of carbonyl (C=O) groups excluding carboxylic acids is 1. The zero-order valence-electron chi connectivity index (χ0n) is 7.26. The van der Waals surface area contributed by atoms with Crippen LogP contribution in [0.2, 0.25) is 0 Å². The average Bonchev–Trinajstić information content (AvgIpc) is 2.28. The summed E-state index contributed by atoms with van der Waals surface area (Å²) in [6.07, 6.45) is 0.726. The minimum absolute atomic E-state index is 0.285. The molecule has 0 radical (unpaired) electrons. The molecule has 1 saturated heterocycles. The van der Waals surface area contributed by atoms with E-state index in [2.05, 4.69) is 12.2 Å². The van der Waals surface area contributed by atoms with Crippen molar-refractivity contribution in [3.05, 3.63) is 0 Å². The van der Waals surface area contributed by atoms with Crippen molar-refractivity contribution in [1.29, 1.82) is 0 Å². The summed E-state index contributed by atoms with van der Waals surface area (Å²) in [6.45, 7) is 4.98. The van der Waals surface area contributed by atoms with E-state index in [1.54, 1.807) is 0 Å². The van der Waals surface area contributed by atoms with Crippen LogP contribution in [0.3, 0.4) is 0 Å². The van der Waals surface area contributed by atoms with Crippen LogP contribution in [-0.2, 0) is 4.79 Å². The van der Waals surface area contributed by atoms with E-state index < -0.39 is 0 Å². The Hall–Kier alpha value is -0.570. The first-order valence-corrected chi connectivity index (χ1v) is 4.18. The van der Waals surface area contributed by atoms with E-state index >= 15 is 0 Å². The quantitative estimate of drug-likeness (QED) is 0.627. The van der Waals surface area contributed by atoms with Crippen LogP contribution in [0.4, 0.5) is 0 Å². The van der Waals surface area contributed by atoms with Crippen molar-refractivity contribution in [3.63, 3.8) is 0 Å². The molecule has 3 nitrogen and oxygen atoms in total. The molecular weight excluding hydrogens is 140 g/mol. The first-order valence-electron chi connectivity index (χ1n) is 4.18. The molecule has 1 amide bonds. The third-order valence-corrected chi connectivity index (χ3v) is 2.10. The van der Waals surface area contributed by atoms with Crippen LogP contribution in [0.5, 0.6) is 0 Å². The van der Waals surface area contributed by atoms with Gasteiger partial charge in [0.2, 0.25) is 5.91 Å². The second-order valence-electron chi connectivity index (χ2n) is 3.15. The fourth-order valence-electron chi connectivity index (χ4n) is 1.44. The molecule has 1 unspecified atom stereocenters. The van der Waals surface area contributed by atoms with Crippen molar-refractivity contribution in [1.82, 2.24) is 10.2 Å². The first kappa shape index (κ1) is 8.53. The molecule has 0 spiro atoms. The maximum absolute atomic E-state index is 11.0. The summed E-state index contributed by atoms with van der Waals surface area (Å²) >= 11 is 0. The summed E-state index contributed by atoms with van der Waals surface area (Å²) in [5.74, 6) is 0.820. The number of likely N-dealkylation sites (tertiary alicyclic amines) is 1. The van der Waals surface area contributed by atoms with Crippen molar-refractivity contribution in [2.24, 2.45) is 5.92 Å². The molecule has 1 aliphatic heterocycles. The molecule has 1 aliphatic rings. The molecule has 0 aromatic carbocycles. The van der Waals surface area contributed by atoms with Gasteiger partial charge < -0.3 is 10.2 Å². The van der Waals surface area contributed by atoms with E-state index in [1.807, 2.05) is 11.9 Å². The molecule has 0 aromatic heterocycles. The summed E-state index contributed by atoms with van der Waals surface area (Å²) in [6, 6.07) is 0. The predicted octanol–water partition coefficient (Wildman–Crippen LogP) is 0.0742. The molecule has 64 valence electrons. The normalized spacial score (nSPS) is 24.7. The summed E-state index contributed by atoms with van der Waals surface area (Å²) in [5, 5.41) is 3.25. The number of hydrogen-bond acceptors (Lipinski definition) is 2. The van der Waals surface area contributed by atoms with Gasteiger partial charge in [0.15, 0.2) is 0 Å². The molecule has 1 heterocycles. The third-order valence-electron chi connectivity index (χ3n) is 2.10. The van der Waals surface area contributed by atoms with E-state index in [0.717, 1.165) is 26.1 Å². The van der Waals surface area contributed by atoms with Crippen LogP contribution in [0.25, 0.3) is 0 Å². The molecular formula is C8H16N2O. The molecule has 1 N–H and O–H groups in total. The number of carbonyl (C=O) groups is 1. The van der Waals surface area contributed by atoms with Crippen LogP contribution in [0.1, 0.15) is 13.3 Å². The Morgan fingerprint density at radius 3 is 2.91 bits per heavy atom. The second-order valence-corrected chi connectivity index (χ2v) is 3.15. The Kier molecular flexibility index (Phi) is 2.88. The topological polar surface area (TPSA) is 32.3 Å². The Bertz CT molecular complexity index is 147. The molecule has 1 atom stereocenters. The largest absolute Gasteiger partial charge is 0.345 e. The Labute approximate surface area is 67.8 Å². The Morgan fingerprint density at radius 1 is 1.73 bits per heavy atom. The minimum atomic E-state index is 0.285. The second kappa shape index (κ2) is 3.72. The van der Waals surface area contributed by atoms with E-state index in [1.165, 1.54) is 0 Å². The van der Waals surface area contributed by atoms with E-state index in [4.69, 9.17) is 0 Å². The van der Waals surface area contributed by atoms with Gasteiger partial charge in [-0.15, -0.1) is 0 Å². The highest BCUT2D eigenvalue weighted by Gasteiger charge is 2.25. The lowest BCUT2D eigenvalue weighted by atomic mass is 10.1. The summed E-state index contributed by atoms with van der Waals surface area (Å²) in [4.78, 5) is 12.9. The molecule has 3 heteroatoms. The Balaban J connectivity index is 2.24. The van der Waals surface area contributed by atoms with E-state index in [0.29, 0.717) is 5.92 Å². The fraction of sp³-hybridized carbons (Fsp3) is 0.875. The first-order chi connectivity index (χ1) is 5.24. The van der Waals surface area contributed by atoms with Crippen molar-refractivity contribution in [2.45, 2.75) is 13.3 Å². The van der Waals surface area contributed by atoms with Gasteiger partial charge >= 0.3 is 0 Å². The number of hydrogen-bond donors (Lipinski definition) is 1. The zero-order valence-corrected chi connectivity index (χ0v) is 7.26. The highest BCUT2D eigenvalue weighted by molar-refractivity contribution is 5.78. The Morgan fingerprint density at radius 2 is 2.45 bits per heavy atom. The molecule has 0 bridgehead atoms. The average molecular weight is 156 g/mol. The van der Waals surface area contributed by atoms with Crippen LogP contribution >= 0.6 is 0 Å². The SMILES string of the molecule is CCNCC1CC(=O)N(C)C1. The number of amides is 1. The van der Waals surface area contributed by atoms with Crippen LogP contribution in [0, 0.1) is 5.92 Å². The van der Waals surface area contributed by atoms with Gasteiger partial charge in [-0.05, 0) is 12.5 Å². The molecule has 0 aromatic rings. The number of rotatable bonds is 3. The third kappa shape index (κ3) is 2.19. The van der Waals surface area contributed by atoms with Crippen molar-refractivity contribution >= 4 is 5.91 Å². The fourth-order valence-corrected chi connectivity index (χ4v) is 1.44. The minimum Gasteiger partial charge on any atom is -0.345 e. The smallest absolute Gasteiger partial charge is 0.222 e. The lowest BCUT2D eigenvalue weighted by Gasteiger charge is -2.09. The van der Waals surface area contributed by atoms with Crippen LogP contribution < -0.4 is 5.32 Å². The predicted molar refractivity (Wildman–Crippen MR) is 44.3 cm³/mol. The van der Waals surface area contributed by atoms with Gasteiger partial charge in [-0.1, -0.05) is 6.92 Å². The molecule has 1 rings (SSSR count). The van der Waals surface area contributed by atoms with Crippen molar-refractivity contribution in [3.8, 4) is 0 Å². The van der Waals surface area contributed by atoms with Gasteiger partial charge in [-0.2, -0.15) is 0 Å². The monoisotopic (exact) mass is 156 g/mol. The summed E-state index contributed by atoms with van der Waals surface area (Å²) in [5.41, 5.74) is 0. The molecule has 1 fully saturated rings. The number of nitrogens with one attached hydrogen (secondary N) is 1. The van der Waals surface area contributed by atoms with E-state index in [-0.39, 0.29) is 5.91 Å². The molecule has 11 heavy (non-hydrogen) atoms. The lowest BCUT2D eigenvalue weighted by Crippen LogP contribution is -2.24. The summed E-state index contributed by atoms with van der Waals surface area (Å²) in [7, 11) is 1.87. The molecule has 0 aliphatic carbocycles. The van der Waals surface area contributed by atoms with Gasteiger partial charge in [0, 0.05) is 26.6 Å². The van der Waals surface area contributed by atoms with E-state index in [9.17, 15) is 4.79 Å². The highest BCUT2D eigenvalue weighted by atomic mass is 16.2. The van der Waals surface area contributed by atoms with Gasteiger partial charge in [-0.3, -0.25) is 4.79 Å². The highest BCUT2D eigenvalue weighted by Crippen LogP contribution is 2.14. The lowest BCUT2D eigenvalue weighted by molar-refractivity contribution is -0.126. The van der Waals surface area contributed by atoms with Gasteiger partial charge in [0.25, 0.3) is 0 Å². The molecule has 0 saturated carbocycles. The van der Waals surface area contributed by atoms with Crippen molar-refractivity contribution in [2.75, 3.05) is 26.7 Å². The summed E-state index contributed by atoms with van der Waals surface area (Å²) < 4.78 is 0. The number of nitrogens with zero attached hydrogens (tertiary/aromatic N) is 1. The van der Waals surface area contributed by atoms with Gasteiger partial charge in [-0.25, -0.2) is 0 Å². The van der Waals surface area contributed by atoms with Gasteiger partial charge in [0.1, 0.15) is 0 Å². The van der Waals surface area contributed by atoms with Gasteiger partial charge in [0.05, 0.1) is 0 Å².